The van der Waals surface area contributed by atoms with Crippen LogP contribution >= 0.6 is 15.9 Å². The lowest BCUT2D eigenvalue weighted by Crippen LogP contribution is -2.47. The molecule has 2 aromatic heterocycles. The molecule has 2 fully saturated rings. The quantitative estimate of drug-likeness (QED) is 0.906. The van der Waals surface area contributed by atoms with Crippen LogP contribution in [0, 0.1) is 5.92 Å². The lowest BCUT2D eigenvalue weighted by Gasteiger charge is -2.30. The number of piperidine rings is 1. The summed E-state index contributed by atoms with van der Waals surface area (Å²) in [4.78, 5) is 14.9. The van der Waals surface area contributed by atoms with Crippen LogP contribution in [0.1, 0.15) is 23.2 Å². The highest BCUT2D eigenvalue weighted by Crippen LogP contribution is 2.27. The number of hydrogen-bond donors (Lipinski definition) is 1. The summed E-state index contributed by atoms with van der Waals surface area (Å²) in [5, 5.41) is 3.21. The van der Waals surface area contributed by atoms with Crippen molar-refractivity contribution in [3.05, 3.63) is 40.6 Å². The van der Waals surface area contributed by atoms with Crippen molar-refractivity contribution >= 4 is 27.4 Å². The van der Waals surface area contributed by atoms with E-state index in [0.717, 1.165) is 34.4 Å². The second kappa shape index (κ2) is 5.14. The van der Waals surface area contributed by atoms with Crippen molar-refractivity contribution in [1.82, 2.24) is 14.6 Å². The van der Waals surface area contributed by atoms with Crippen molar-refractivity contribution < 1.29 is 4.79 Å². The highest BCUT2D eigenvalue weighted by Gasteiger charge is 2.32. The maximum absolute atomic E-state index is 12.4. The molecule has 2 aliphatic heterocycles. The third-order valence-electron chi connectivity index (χ3n) is 4.63. The van der Waals surface area contributed by atoms with E-state index in [9.17, 15) is 4.79 Å². The molecule has 0 radical (unpaired) electrons. The van der Waals surface area contributed by atoms with E-state index in [1.54, 1.807) is 0 Å². The van der Waals surface area contributed by atoms with Crippen molar-refractivity contribution in [1.29, 1.82) is 0 Å². The van der Waals surface area contributed by atoms with Crippen LogP contribution in [0.5, 0.6) is 0 Å². The van der Waals surface area contributed by atoms with Gasteiger partial charge in [-0.05, 0) is 59.4 Å². The summed E-state index contributed by atoms with van der Waals surface area (Å²) in [6.45, 7) is 3.42. The van der Waals surface area contributed by atoms with Crippen LogP contribution in [0.25, 0.3) is 5.52 Å². The Morgan fingerprint density at radius 1 is 1.33 bits per heavy atom. The van der Waals surface area contributed by atoms with Crippen molar-refractivity contribution in [2.75, 3.05) is 19.6 Å². The van der Waals surface area contributed by atoms with Gasteiger partial charge in [0.05, 0.1) is 0 Å². The minimum Gasteiger partial charge on any atom is -0.348 e. The first-order chi connectivity index (χ1) is 10.2. The maximum atomic E-state index is 12.4. The number of carbonyl (C=O) groups excluding carboxylic acids is 1. The van der Waals surface area contributed by atoms with Gasteiger partial charge in [0.2, 0.25) is 0 Å². The van der Waals surface area contributed by atoms with E-state index in [0.29, 0.717) is 6.04 Å². The Labute approximate surface area is 132 Å². The van der Waals surface area contributed by atoms with Crippen LogP contribution in [0.2, 0.25) is 0 Å². The first-order valence-corrected chi connectivity index (χ1v) is 8.27. The fourth-order valence-corrected chi connectivity index (χ4v) is 4.10. The molecule has 4 heterocycles. The number of pyridine rings is 1. The van der Waals surface area contributed by atoms with Gasteiger partial charge in [0.1, 0.15) is 0 Å². The zero-order valence-corrected chi connectivity index (χ0v) is 13.3. The molecule has 3 atom stereocenters. The van der Waals surface area contributed by atoms with Gasteiger partial charge in [-0.15, -0.1) is 0 Å². The standard InChI is InChI=1S/C16H18BrN3O/c17-13-7-15-6-12(2-4-20(15)9-13)16(21)18-14-5-11-1-3-19(8-11)10-14/h2,4,6-7,9,11,14H,1,3,5,8,10H2,(H,18,21)/t11?,14-/m1/s1. The van der Waals surface area contributed by atoms with Gasteiger partial charge in [0.25, 0.3) is 5.91 Å². The van der Waals surface area contributed by atoms with Crippen LogP contribution in [-0.4, -0.2) is 40.9 Å². The normalized spacial score (nSPS) is 28.0. The molecule has 5 heteroatoms. The molecular weight excluding hydrogens is 330 g/mol. The number of nitrogens with one attached hydrogen (secondary N) is 1. The van der Waals surface area contributed by atoms with Gasteiger partial charge in [0, 0.05) is 47.1 Å². The van der Waals surface area contributed by atoms with E-state index in [1.165, 1.54) is 19.5 Å². The Morgan fingerprint density at radius 3 is 3.10 bits per heavy atom. The summed E-state index contributed by atoms with van der Waals surface area (Å²) in [7, 11) is 0. The summed E-state index contributed by atoms with van der Waals surface area (Å²) in [5.74, 6) is 0.815. The van der Waals surface area contributed by atoms with Crippen LogP contribution in [0.15, 0.2) is 35.1 Å². The lowest BCUT2D eigenvalue weighted by atomic mass is 9.96. The summed E-state index contributed by atoms with van der Waals surface area (Å²) < 4.78 is 3.03. The van der Waals surface area contributed by atoms with Gasteiger partial charge in [-0.25, -0.2) is 0 Å². The average Bonchev–Trinajstić information content (AvgIpc) is 2.99. The number of hydrogen-bond acceptors (Lipinski definition) is 2. The molecular formula is C16H18BrN3O. The fraction of sp³-hybridized carbons (Fsp3) is 0.438. The van der Waals surface area contributed by atoms with Gasteiger partial charge in [0.15, 0.2) is 0 Å². The molecule has 2 aliphatic rings. The van der Waals surface area contributed by atoms with Crippen LogP contribution in [-0.2, 0) is 0 Å². The van der Waals surface area contributed by atoms with E-state index in [1.807, 2.05) is 35.0 Å². The Kier molecular flexibility index (Phi) is 3.27. The zero-order valence-electron chi connectivity index (χ0n) is 11.8. The molecule has 0 saturated carbocycles. The predicted molar refractivity (Wildman–Crippen MR) is 85.5 cm³/mol. The topological polar surface area (TPSA) is 36.8 Å². The second-order valence-corrected chi connectivity index (χ2v) is 7.14. The summed E-state index contributed by atoms with van der Waals surface area (Å²) >= 11 is 3.46. The van der Waals surface area contributed by atoms with E-state index < -0.39 is 0 Å². The van der Waals surface area contributed by atoms with Gasteiger partial charge < -0.3 is 14.6 Å². The smallest absolute Gasteiger partial charge is 0.251 e. The number of amides is 1. The molecule has 110 valence electrons. The van der Waals surface area contributed by atoms with E-state index in [-0.39, 0.29) is 5.91 Å². The summed E-state index contributed by atoms with van der Waals surface area (Å²) in [6.07, 6.45) is 6.34. The zero-order chi connectivity index (χ0) is 14.4. The van der Waals surface area contributed by atoms with Crippen LogP contribution < -0.4 is 5.32 Å². The third kappa shape index (κ3) is 2.60. The molecule has 2 saturated heterocycles. The van der Waals surface area contributed by atoms with E-state index in [4.69, 9.17) is 0 Å². The largest absolute Gasteiger partial charge is 0.348 e. The molecule has 4 nitrogen and oxygen atoms in total. The lowest BCUT2D eigenvalue weighted by molar-refractivity contribution is 0.0909. The molecule has 2 bridgehead atoms. The second-order valence-electron chi connectivity index (χ2n) is 6.23. The summed E-state index contributed by atoms with van der Waals surface area (Å²) in [5.41, 5.74) is 1.77. The van der Waals surface area contributed by atoms with Crippen LogP contribution in [0.4, 0.5) is 0 Å². The van der Waals surface area contributed by atoms with Gasteiger partial charge in [-0.2, -0.15) is 0 Å². The molecule has 0 aliphatic carbocycles. The predicted octanol–water partition coefficient (Wildman–Crippen LogP) is 2.53. The Bertz CT molecular complexity index is 684. The van der Waals surface area contributed by atoms with Crippen molar-refractivity contribution in [2.24, 2.45) is 5.92 Å². The third-order valence-corrected chi connectivity index (χ3v) is 5.06. The molecule has 2 unspecified atom stereocenters. The Balaban J connectivity index is 1.50. The van der Waals surface area contributed by atoms with Gasteiger partial charge >= 0.3 is 0 Å². The molecule has 1 amide bonds. The molecule has 2 aromatic rings. The molecule has 0 spiro atoms. The molecule has 0 aromatic carbocycles. The number of nitrogens with zero attached hydrogens (tertiary/aromatic N) is 2. The fourth-order valence-electron chi connectivity index (χ4n) is 3.65. The van der Waals surface area contributed by atoms with Crippen LogP contribution in [0.3, 0.4) is 0 Å². The Morgan fingerprint density at radius 2 is 2.24 bits per heavy atom. The summed E-state index contributed by atoms with van der Waals surface area (Å²) in [6, 6.07) is 6.14. The number of halogens is 1. The maximum Gasteiger partial charge on any atom is 0.251 e. The van der Waals surface area contributed by atoms with E-state index in [2.05, 4.69) is 26.1 Å². The van der Waals surface area contributed by atoms with Gasteiger partial charge in [-0.1, -0.05) is 0 Å². The van der Waals surface area contributed by atoms with E-state index >= 15 is 0 Å². The van der Waals surface area contributed by atoms with Crippen molar-refractivity contribution in [3.63, 3.8) is 0 Å². The minimum atomic E-state index is 0.0438. The average molecular weight is 348 g/mol. The highest BCUT2D eigenvalue weighted by atomic mass is 79.9. The number of carbonyl (C=O) groups is 1. The first-order valence-electron chi connectivity index (χ1n) is 7.48. The number of rotatable bonds is 2. The Hall–Kier alpha value is -1.33. The SMILES string of the molecule is O=C(N[C@@H]1CC2CCN(C2)C1)c1ccn2cc(Br)cc2c1. The number of fused-ring (bicyclic) bond motifs is 3. The van der Waals surface area contributed by atoms with Crippen molar-refractivity contribution in [2.45, 2.75) is 18.9 Å². The van der Waals surface area contributed by atoms with Crippen molar-refractivity contribution in [3.8, 4) is 0 Å². The molecule has 1 N–H and O–H groups in total. The number of aromatic nitrogens is 1. The highest BCUT2D eigenvalue weighted by molar-refractivity contribution is 9.10. The first kappa shape index (κ1) is 13.3. The minimum absolute atomic E-state index is 0.0438. The monoisotopic (exact) mass is 347 g/mol. The van der Waals surface area contributed by atoms with Gasteiger partial charge in [-0.3, -0.25) is 4.79 Å². The molecule has 4 rings (SSSR count). The molecule has 21 heavy (non-hydrogen) atoms.